The van der Waals surface area contributed by atoms with Crippen LogP contribution in [0.4, 0.5) is 0 Å². The second-order valence-corrected chi connectivity index (χ2v) is 6.47. The van der Waals surface area contributed by atoms with Crippen molar-refractivity contribution in [3.8, 4) is 0 Å². The summed E-state index contributed by atoms with van der Waals surface area (Å²) in [7, 11) is 0. The fraction of sp³-hybridized carbons (Fsp3) is 0.579. The molecule has 0 saturated heterocycles. The lowest BCUT2D eigenvalue weighted by Gasteiger charge is -2.36. The number of hydrogen-bond acceptors (Lipinski definition) is 3. The van der Waals surface area contributed by atoms with Gasteiger partial charge in [0.05, 0.1) is 13.0 Å². The van der Waals surface area contributed by atoms with Crippen molar-refractivity contribution in [3.63, 3.8) is 0 Å². The van der Waals surface area contributed by atoms with Gasteiger partial charge in [-0.05, 0) is 65.2 Å². The lowest BCUT2D eigenvalue weighted by molar-refractivity contribution is -0.161. The topological polar surface area (TPSA) is 46.6 Å². The summed E-state index contributed by atoms with van der Waals surface area (Å²) in [6.07, 6.45) is 0.300. The number of ether oxygens (including phenoxy) is 1. The normalized spacial score (nSPS) is 11.3. The van der Waals surface area contributed by atoms with Crippen LogP contribution in [0.1, 0.15) is 49.9 Å². The van der Waals surface area contributed by atoms with Gasteiger partial charge in [0, 0.05) is 6.54 Å². The molecule has 0 aliphatic rings. The first kappa shape index (κ1) is 19.2. The predicted molar refractivity (Wildman–Crippen MR) is 92.5 cm³/mol. The van der Waals surface area contributed by atoms with Gasteiger partial charge in [-0.1, -0.05) is 17.7 Å². The fourth-order valence-corrected chi connectivity index (χ4v) is 3.04. The number of carbonyl (C=O) groups excluding carboxylic acids is 2. The quantitative estimate of drug-likeness (QED) is 0.756. The minimum atomic E-state index is -0.964. The van der Waals surface area contributed by atoms with Gasteiger partial charge in [0.1, 0.15) is 5.54 Å². The molecule has 0 heterocycles. The van der Waals surface area contributed by atoms with Crippen LogP contribution < -0.4 is 0 Å². The number of esters is 1. The van der Waals surface area contributed by atoms with Crippen LogP contribution in [-0.4, -0.2) is 35.5 Å². The van der Waals surface area contributed by atoms with E-state index in [1.165, 1.54) is 5.56 Å². The molecule has 0 aliphatic carbocycles. The minimum Gasteiger partial charge on any atom is -0.464 e. The first-order valence-corrected chi connectivity index (χ1v) is 8.19. The summed E-state index contributed by atoms with van der Waals surface area (Å²) in [6.45, 7) is 14.0. The molecule has 4 nitrogen and oxygen atoms in total. The second kappa shape index (κ2) is 7.62. The Morgan fingerprint density at radius 1 is 1.09 bits per heavy atom. The molecule has 0 spiro atoms. The van der Waals surface area contributed by atoms with E-state index < -0.39 is 5.54 Å². The molecular formula is C19H29NO3. The highest BCUT2D eigenvalue weighted by molar-refractivity contribution is 5.88. The molecule has 0 bridgehead atoms. The van der Waals surface area contributed by atoms with Gasteiger partial charge in [-0.3, -0.25) is 4.79 Å². The smallest absolute Gasteiger partial charge is 0.331 e. The van der Waals surface area contributed by atoms with Gasteiger partial charge in [-0.15, -0.1) is 0 Å². The molecule has 4 heteroatoms. The van der Waals surface area contributed by atoms with E-state index in [0.717, 1.165) is 16.7 Å². The molecule has 0 radical (unpaired) electrons. The van der Waals surface area contributed by atoms with Gasteiger partial charge in [0.25, 0.3) is 0 Å². The van der Waals surface area contributed by atoms with Crippen LogP contribution in [0.25, 0.3) is 0 Å². The van der Waals surface area contributed by atoms with E-state index in [4.69, 9.17) is 4.74 Å². The molecule has 0 fully saturated rings. The molecule has 0 atom stereocenters. The number of aryl methyl sites for hydroxylation is 3. The minimum absolute atomic E-state index is 0.0550. The number of carbonyl (C=O) groups is 2. The number of nitrogens with zero attached hydrogens (tertiary/aromatic N) is 1. The summed E-state index contributed by atoms with van der Waals surface area (Å²) in [6, 6.07) is 4.17. The largest absolute Gasteiger partial charge is 0.464 e. The van der Waals surface area contributed by atoms with Crippen molar-refractivity contribution >= 4 is 11.9 Å². The SMILES string of the molecule is CCOC(=O)C(C)(C)N(CC)C(=O)Cc1c(C)cc(C)cc1C. The molecule has 128 valence electrons. The van der Waals surface area contributed by atoms with E-state index in [1.54, 1.807) is 25.7 Å². The van der Waals surface area contributed by atoms with Crippen LogP contribution >= 0.6 is 0 Å². The van der Waals surface area contributed by atoms with Crippen LogP contribution in [0, 0.1) is 20.8 Å². The first-order valence-electron chi connectivity index (χ1n) is 8.19. The van der Waals surface area contributed by atoms with Gasteiger partial charge in [-0.2, -0.15) is 0 Å². The van der Waals surface area contributed by atoms with Crippen molar-refractivity contribution in [2.45, 2.75) is 60.4 Å². The van der Waals surface area contributed by atoms with Crippen molar-refractivity contribution < 1.29 is 14.3 Å². The summed E-state index contributed by atoms with van der Waals surface area (Å²) >= 11 is 0. The summed E-state index contributed by atoms with van der Waals surface area (Å²) in [5, 5.41) is 0. The molecular weight excluding hydrogens is 290 g/mol. The van der Waals surface area contributed by atoms with E-state index in [0.29, 0.717) is 19.6 Å². The van der Waals surface area contributed by atoms with Gasteiger partial charge in [0.2, 0.25) is 5.91 Å². The van der Waals surface area contributed by atoms with Crippen LogP contribution in [0.15, 0.2) is 12.1 Å². The molecule has 0 saturated carbocycles. The maximum Gasteiger partial charge on any atom is 0.331 e. The highest BCUT2D eigenvalue weighted by Crippen LogP contribution is 2.22. The van der Waals surface area contributed by atoms with E-state index in [-0.39, 0.29) is 11.9 Å². The first-order chi connectivity index (χ1) is 10.6. The summed E-state index contributed by atoms with van der Waals surface area (Å²) in [5.74, 6) is -0.423. The maximum absolute atomic E-state index is 12.8. The molecule has 0 N–H and O–H groups in total. The number of amides is 1. The second-order valence-electron chi connectivity index (χ2n) is 6.47. The monoisotopic (exact) mass is 319 g/mol. The van der Waals surface area contributed by atoms with Gasteiger partial charge in [0.15, 0.2) is 0 Å². The Kier molecular flexibility index (Phi) is 6.37. The number of rotatable bonds is 6. The van der Waals surface area contributed by atoms with Gasteiger partial charge < -0.3 is 9.64 Å². The van der Waals surface area contributed by atoms with Crippen LogP contribution in [-0.2, 0) is 20.7 Å². The van der Waals surface area contributed by atoms with E-state index in [9.17, 15) is 9.59 Å². The summed E-state index contributed by atoms with van der Waals surface area (Å²) in [5.41, 5.74) is 3.49. The van der Waals surface area contributed by atoms with E-state index in [1.807, 2.05) is 27.7 Å². The van der Waals surface area contributed by atoms with Crippen LogP contribution in [0.5, 0.6) is 0 Å². The Bertz CT molecular complexity index is 567. The Morgan fingerprint density at radius 2 is 1.61 bits per heavy atom. The molecule has 1 amide bonds. The number of hydrogen-bond donors (Lipinski definition) is 0. The average molecular weight is 319 g/mol. The standard InChI is InChI=1S/C19H29NO3/c1-8-20(19(6,7)18(22)23-9-2)17(21)12-16-14(4)10-13(3)11-15(16)5/h10-11H,8-9,12H2,1-7H3. The Balaban J connectivity index is 3.05. The third kappa shape index (κ3) is 4.34. The number of benzene rings is 1. The molecule has 0 unspecified atom stereocenters. The van der Waals surface area contributed by atoms with Crippen molar-refractivity contribution in [3.05, 3.63) is 34.4 Å². The van der Waals surface area contributed by atoms with Gasteiger partial charge >= 0.3 is 5.97 Å². The van der Waals surface area contributed by atoms with Crippen molar-refractivity contribution in [1.29, 1.82) is 0 Å². The fourth-order valence-electron chi connectivity index (χ4n) is 3.04. The molecule has 0 aliphatic heterocycles. The van der Waals surface area contributed by atoms with Crippen molar-refractivity contribution in [2.24, 2.45) is 0 Å². The average Bonchev–Trinajstić information content (AvgIpc) is 2.43. The van der Waals surface area contributed by atoms with E-state index in [2.05, 4.69) is 12.1 Å². The summed E-state index contributed by atoms with van der Waals surface area (Å²) in [4.78, 5) is 26.6. The lowest BCUT2D eigenvalue weighted by Crippen LogP contribution is -2.54. The Labute approximate surface area is 139 Å². The third-order valence-corrected chi connectivity index (χ3v) is 4.24. The number of likely N-dealkylation sites (N-methyl/N-ethyl adjacent to an activating group) is 1. The van der Waals surface area contributed by atoms with Crippen LogP contribution in [0.2, 0.25) is 0 Å². The molecule has 1 aromatic carbocycles. The zero-order valence-corrected chi connectivity index (χ0v) is 15.4. The van der Waals surface area contributed by atoms with Crippen LogP contribution in [0.3, 0.4) is 0 Å². The zero-order valence-electron chi connectivity index (χ0n) is 15.4. The predicted octanol–water partition coefficient (Wildman–Crippen LogP) is 3.34. The lowest BCUT2D eigenvalue weighted by atomic mass is 9.95. The van der Waals surface area contributed by atoms with Gasteiger partial charge in [-0.25, -0.2) is 4.79 Å². The highest BCUT2D eigenvalue weighted by atomic mass is 16.5. The Morgan fingerprint density at radius 3 is 2.04 bits per heavy atom. The Hall–Kier alpha value is -1.84. The van der Waals surface area contributed by atoms with Crippen molar-refractivity contribution in [2.75, 3.05) is 13.2 Å². The van der Waals surface area contributed by atoms with Crippen molar-refractivity contribution in [1.82, 2.24) is 4.90 Å². The molecule has 23 heavy (non-hydrogen) atoms. The zero-order chi connectivity index (χ0) is 17.8. The molecule has 0 aromatic heterocycles. The highest BCUT2D eigenvalue weighted by Gasteiger charge is 2.38. The maximum atomic E-state index is 12.8. The molecule has 1 rings (SSSR count). The molecule has 1 aromatic rings. The summed E-state index contributed by atoms with van der Waals surface area (Å²) < 4.78 is 5.12. The third-order valence-electron chi connectivity index (χ3n) is 4.24. The van der Waals surface area contributed by atoms with E-state index >= 15 is 0 Å².